The van der Waals surface area contributed by atoms with Crippen molar-refractivity contribution < 1.29 is 27.6 Å². The zero-order valence-corrected chi connectivity index (χ0v) is 28.9. The largest absolute Gasteiger partial charge is 0.418 e. The predicted molar refractivity (Wildman–Crippen MR) is 188 cm³/mol. The van der Waals surface area contributed by atoms with Gasteiger partial charge >= 0.3 is 12.2 Å². The van der Waals surface area contributed by atoms with Gasteiger partial charge in [0.25, 0.3) is 0 Å². The normalized spacial score (nSPS) is 18.3. The third kappa shape index (κ3) is 8.04. The van der Waals surface area contributed by atoms with E-state index in [9.17, 15) is 27.6 Å². The zero-order chi connectivity index (χ0) is 35.6. The van der Waals surface area contributed by atoms with Crippen LogP contribution in [0.3, 0.4) is 0 Å². The number of fused-ring (bicyclic) bond motifs is 1. The lowest BCUT2D eigenvalue weighted by Gasteiger charge is -2.38. The maximum atomic E-state index is 14.1. The number of carbonyl (C=O) groups is 3. The number of urea groups is 1. The third-order valence-electron chi connectivity index (χ3n) is 10.5. The molecule has 12 heteroatoms. The molecule has 3 aromatic rings. The maximum absolute atomic E-state index is 14.1. The summed E-state index contributed by atoms with van der Waals surface area (Å²) in [6.45, 7) is 4.41. The van der Waals surface area contributed by atoms with Crippen LogP contribution in [0.5, 0.6) is 0 Å². The second kappa shape index (κ2) is 14.9. The van der Waals surface area contributed by atoms with E-state index in [0.717, 1.165) is 36.6 Å². The average molecular weight is 710 g/mol. The Hall–Kier alpha value is -4.25. The molecule has 4 amide bonds. The van der Waals surface area contributed by atoms with Crippen LogP contribution in [0.2, 0.25) is 5.02 Å². The van der Waals surface area contributed by atoms with Crippen LogP contribution in [-0.2, 0) is 28.6 Å². The van der Waals surface area contributed by atoms with Crippen molar-refractivity contribution in [2.75, 3.05) is 43.8 Å². The maximum Gasteiger partial charge on any atom is 0.418 e. The summed E-state index contributed by atoms with van der Waals surface area (Å²) in [7, 11) is 0. The number of benzene rings is 3. The number of nitrogen functional groups attached to an aromatic ring is 1. The summed E-state index contributed by atoms with van der Waals surface area (Å²) in [5, 5.41) is 2.77. The molecule has 3 aliphatic rings. The first-order chi connectivity index (χ1) is 23.9. The van der Waals surface area contributed by atoms with E-state index in [1.54, 1.807) is 9.80 Å². The number of halogens is 4. The molecule has 0 aliphatic carbocycles. The molecule has 3 heterocycles. The molecule has 0 unspecified atom stereocenters. The number of hydrogen-bond donors (Lipinski definition) is 2. The topological polar surface area (TPSA) is 99.0 Å². The molecule has 6 rings (SSSR count). The number of alkyl halides is 3. The fourth-order valence-electron chi connectivity index (χ4n) is 7.59. The summed E-state index contributed by atoms with van der Waals surface area (Å²) in [5.74, 6) is -1.07. The molecule has 3 N–H and O–H groups in total. The molecule has 3 aliphatic heterocycles. The number of aryl methyl sites for hydroxylation is 1. The number of amides is 4. The van der Waals surface area contributed by atoms with E-state index in [1.165, 1.54) is 17.2 Å². The molecule has 0 aromatic heterocycles. The number of piperidine rings is 2. The highest BCUT2D eigenvalue weighted by Crippen LogP contribution is 2.39. The van der Waals surface area contributed by atoms with Crippen LogP contribution in [0.25, 0.3) is 0 Å². The van der Waals surface area contributed by atoms with Gasteiger partial charge in [-0.05, 0) is 86.3 Å². The molecule has 0 spiro atoms. The molecule has 1 atom stereocenters. The van der Waals surface area contributed by atoms with Crippen molar-refractivity contribution in [2.45, 2.75) is 70.0 Å². The number of carbonyl (C=O) groups excluding carboxylic acids is 3. The lowest BCUT2D eigenvalue weighted by atomic mass is 9.87. The van der Waals surface area contributed by atoms with Crippen molar-refractivity contribution in [3.8, 4) is 0 Å². The summed E-state index contributed by atoms with van der Waals surface area (Å²) in [6, 6.07) is 18.2. The fourth-order valence-corrected chi connectivity index (χ4v) is 7.83. The fraction of sp³-hybridized carbons (Fsp3) is 0.447. The Kier molecular flexibility index (Phi) is 10.6. The zero-order valence-electron chi connectivity index (χ0n) is 28.1. The van der Waals surface area contributed by atoms with E-state index in [4.69, 9.17) is 17.3 Å². The molecule has 0 bridgehead atoms. The summed E-state index contributed by atoms with van der Waals surface area (Å²) >= 11 is 6.14. The van der Waals surface area contributed by atoms with E-state index < -0.39 is 23.3 Å². The smallest absolute Gasteiger partial charge is 0.397 e. The van der Waals surface area contributed by atoms with Crippen LogP contribution in [0, 0.1) is 12.8 Å². The number of nitrogens with two attached hydrogens (primary N) is 1. The lowest BCUT2D eigenvalue weighted by molar-refractivity contribution is -0.142. The number of nitrogens with one attached hydrogen (secondary N) is 1. The molecular weight excluding hydrogens is 667 g/mol. The van der Waals surface area contributed by atoms with Crippen molar-refractivity contribution in [1.29, 1.82) is 0 Å². The Morgan fingerprint density at radius 1 is 0.940 bits per heavy atom. The standard InChI is InChI=1S/C38H43ClF3N5O3/c1-24-6-8-26(9-7-24)27-10-15-46(16-11-27)36(49)29(20-25-21-31(38(40,41)42)35(43)32(39)22-25)23-34(48)45-17-13-30(14-18-45)47-19-12-28-4-2-3-5-33(28)44-37(47)50/h2-9,21-22,27,29-30H,10-20,23,43H2,1H3,(H,44,50)/t29-/m0/s1. The van der Waals surface area contributed by atoms with Crippen molar-refractivity contribution in [3.63, 3.8) is 0 Å². The molecular formula is C38H43ClF3N5O3. The van der Waals surface area contributed by atoms with Crippen LogP contribution in [0.1, 0.15) is 65.8 Å². The lowest BCUT2D eigenvalue weighted by Crippen LogP contribution is -2.50. The SMILES string of the molecule is Cc1ccc(C2CCN(C(=O)[C@H](CC(=O)N3CCC(N4CCc5ccccc5NC4=O)CC3)Cc3cc(Cl)c(N)c(C(F)(F)F)c3)CC2)cc1. The highest BCUT2D eigenvalue weighted by atomic mass is 35.5. The Morgan fingerprint density at radius 2 is 1.60 bits per heavy atom. The van der Waals surface area contributed by atoms with E-state index >= 15 is 0 Å². The van der Waals surface area contributed by atoms with Crippen LogP contribution >= 0.6 is 11.6 Å². The van der Waals surface area contributed by atoms with E-state index in [-0.39, 0.29) is 47.3 Å². The quantitative estimate of drug-likeness (QED) is 0.252. The van der Waals surface area contributed by atoms with Gasteiger partial charge in [-0.3, -0.25) is 9.59 Å². The molecule has 0 radical (unpaired) electrons. The van der Waals surface area contributed by atoms with E-state index in [1.807, 2.05) is 36.1 Å². The number of anilines is 2. The Labute approximate surface area is 295 Å². The van der Waals surface area contributed by atoms with Crippen LogP contribution in [0.15, 0.2) is 60.7 Å². The van der Waals surface area contributed by atoms with Crippen molar-refractivity contribution in [2.24, 2.45) is 5.92 Å². The highest BCUT2D eigenvalue weighted by Gasteiger charge is 2.37. The molecule has 2 saturated heterocycles. The monoisotopic (exact) mass is 709 g/mol. The molecule has 2 fully saturated rings. The van der Waals surface area contributed by atoms with Crippen LogP contribution in [-0.4, -0.2) is 71.3 Å². The minimum Gasteiger partial charge on any atom is -0.397 e. The third-order valence-corrected chi connectivity index (χ3v) is 10.8. The second-order valence-corrected chi connectivity index (χ2v) is 14.2. The number of rotatable bonds is 7. The minimum absolute atomic E-state index is 0.0432. The van der Waals surface area contributed by atoms with Crippen molar-refractivity contribution in [3.05, 3.63) is 93.5 Å². The Bertz CT molecular complexity index is 1720. The minimum atomic E-state index is -4.73. The van der Waals surface area contributed by atoms with E-state index in [0.29, 0.717) is 51.5 Å². The number of nitrogens with zero attached hydrogens (tertiary/aromatic N) is 3. The molecule has 3 aromatic carbocycles. The molecule has 50 heavy (non-hydrogen) atoms. The Balaban J connectivity index is 1.14. The van der Waals surface area contributed by atoms with Gasteiger partial charge in [0.2, 0.25) is 11.8 Å². The number of hydrogen-bond acceptors (Lipinski definition) is 4. The first-order valence-electron chi connectivity index (χ1n) is 17.3. The number of para-hydroxylation sites is 1. The average Bonchev–Trinajstić information content (AvgIpc) is 3.27. The number of likely N-dealkylation sites (tertiary alicyclic amines) is 2. The summed E-state index contributed by atoms with van der Waals surface area (Å²) in [4.78, 5) is 46.3. The van der Waals surface area contributed by atoms with Crippen molar-refractivity contribution in [1.82, 2.24) is 14.7 Å². The summed E-state index contributed by atoms with van der Waals surface area (Å²) in [6.07, 6.45) is -1.55. The second-order valence-electron chi connectivity index (χ2n) is 13.8. The van der Waals surface area contributed by atoms with Gasteiger partial charge in [0, 0.05) is 50.9 Å². The van der Waals surface area contributed by atoms with Gasteiger partial charge in [0.05, 0.1) is 22.2 Å². The van der Waals surface area contributed by atoms with Gasteiger partial charge in [0.1, 0.15) is 0 Å². The van der Waals surface area contributed by atoms with Crippen LogP contribution < -0.4 is 11.1 Å². The van der Waals surface area contributed by atoms with Gasteiger partial charge in [-0.15, -0.1) is 0 Å². The van der Waals surface area contributed by atoms with Gasteiger partial charge in [-0.1, -0.05) is 59.6 Å². The highest BCUT2D eigenvalue weighted by molar-refractivity contribution is 6.33. The molecule has 266 valence electrons. The summed E-state index contributed by atoms with van der Waals surface area (Å²) in [5.41, 5.74) is 8.54. The Morgan fingerprint density at radius 3 is 2.28 bits per heavy atom. The van der Waals surface area contributed by atoms with Gasteiger partial charge in [-0.2, -0.15) is 13.2 Å². The van der Waals surface area contributed by atoms with Gasteiger partial charge in [0.15, 0.2) is 0 Å². The van der Waals surface area contributed by atoms with Gasteiger partial charge in [-0.25, -0.2) is 4.79 Å². The molecule has 0 saturated carbocycles. The summed E-state index contributed by atoms with van der Waals surface area (Å²) < 4.78 is 41.5. The van der Waals surface area contributed by atoms with Gasteiger partial charge < -0.3 is 25.8 Å². The first-order valence-corrected chi connectivity index (χ1v) is 17.7. The van der Waals surface area contributed by atoms with Crippen LogP contribution in [0.4, 0.5) is 29.3 Å². The van der Waals surface area contributed by atoms with Crippen molar-refractivity contribution >= 4 is 40.8 Å². The predicted octanol–water partition coefficient (Wildman–Crippen LogP) is 7.29. The first kappa shape index (κ1) is 35.6. The molecule has 8 nitrogen and oxygen atoms in total. The van der Waals surface area contributed by atoms with E-state index in [2.05, 4.69) is 29.6 Å².